The Bertz CT molecular complexity index is 737. The molecule has 7 heteroatoms. The van der Waals surface area contributed by atoms with E-state index in [1.165, 1.54) is 0 Å². The standard InChI is InChI=1S/C18H19IN2O4/c1-2-24-10-11-25-14-7-5-6-13(12-14)17(22)20-21-18(23)15-8-3-4-9-16(15)19/h3-9,12H,2,10-11H2,1H3,(H,20,22)(H,21,23). The Morgan fingerprint density at radius 3 is 2.52 bits per heavy atom. The Labute approximate surface area is 160 Å². The minimum Gasteiger partial charge on any atom is -0.491 e. The Morgan fingerprint density at radius 2 is 1.76 bits per heavy atom. The van der Waals surface area contributed by atoms with E-state index in [-0.39, 0.29) is 5.91 Å². The van der Waals surface area contributed by atoms with E-state index in [9.17, 15) is 9.59 Å². The van der Waals surface area contributed by atoms with Crippen molar-refractivity contribution in [3.63, 3.8) is 0 Å². The molecule has 0 saturated heterocycles. The smallest absolute Gasteiger partial charge is 0.270 e. The van der Waals surface area contributed by atoms with Gasteiger partial charge in [0.1, 0.15) is 12.4 Å². The van der Waals surface area contributed by atoms with Crippen molar-refractivity contribution >= 4 is 34.4 Å². The van der Waals surface area contributed by atoms with Crippen molar-refractivity contribution in [2.75, 3.05) is 19.8 Å². The monoisotopic (exact) mass is 454 g/mol. The average Bonchev–Trinajstić information content (AvgIpc) is 2.63. The molecule has 0 aliphatic heterocycles. The maximum Gasteiger partial charge on any atom is 0.270 e. The third-order valence-corrected chi connectivity index (χ3v) is 4.15. The van der Waals surface area contributed by atoms with Crippen LogP contribution in [0.15, 0.2) is 48.5 Å². The van der Waals surface area contributed by atoms with Gasteiger partial charge in [-0.15, -0.1) is 0 Å². The molecule has 2 amide bonds. The van der Waals surface area contributed by atoms with Crippen LogP contribution in [0, 0.1) is 3.57 Å². The van der Waals surface area contributed by atoms with Crippen LogP contribution >= 0.6 is 22.6 Å². The highest BCUT2D eigenvalue weighted by Crippen LogP contribution is 2.13. The van der Waals surface area contributed by atoms with Crippen LogP contribution in [-0.2, 0) is 4.74 Å². The topological polar surface area (TPSA) is 76.7 Å². The molecule has 0 aliphatic carbocycles. The molecule has 0 spiro atoms. The number of carbonyl (C=O) groups is 2. The zero-order chi connectivity index (χ0) is 18.1. The first-order valence-corrected chi connectivity index (χ1v) is 8.85. The molecule has 0 saturated carbocycles. The fraction of sp³-hybridized carbons (Fsp3) is 0.222. The number of hydrogen-bond donors (Lipinski definition) is 2. The minimum atomic E-state index is -0.422. The Balaban J connectivity index is 1.90. The predicted octanol–water partition coefficient (Wildman–Crippen LogP) is 2.78. The van der Waals surface area contributed by atoms with Gasteiger partial charge in [0.15, 0.2) is 0 Å². The number of carbonyl (C=O) groups excluding carboxylic acids is 2. The summed E-state index contributed by atoms with van der Waals surface area (Å²) in [7, 11) is 0. The van der Waals surface area contributed by atoms with Crippen molar-refractivity contribution in [2.45, 2.75) is 6.92 Å². The molecular weight excluding hydrogens is 435 g/mol. The molecule has 6 nitrogen and oxygen atoms in total. The molecule has 0 atom stereocenters. The summed E-state index contributed by atoms with van der Waals surface area (Å²) in [6, 6.07) is 13.8. The third kappa shape index (κ3) is 6.02. The highest BCUT2D eigenvalue weighted by Gasteiger charge is 2.11. The molecule has 0 aromatic heterocycles. The second-order valence-corrected chi connectivity index (χ2v) is 6.12. The van der Waals surface area contributed by atoms with Crippen LogP contribution in [0.4, 0.5) is 0 Å². The zero-order valence-electron chi connectivity index (χ0n) is 13.8. The van der Waals surface area contributed by atoms with E-state index in [1.807, 2.05) is 19.1 Å². The number of nitrogens with one attached hydrogen (secondary N) is 2. The molecule has 132 valence electrons. The summed E-state index contributed by atoms with van der Waals surface area (Å²) >= 11 is 2.07. The molecule has 2 N–H and O–H groups in total. The number of hydrogen-bond acceptors (Lipinski definition) is 4. The normalized spacial score (nSPS) is 10.2. The summed E-state index contributed by atoms with van der Waals surface area (Å²) in [5.74, 6) is -0.228. The quantitative estimate of drug-likeness (QED) is 0.384. The lowest BCUT2D eigenvalue weighted by atomic mass is 10.2. The SMILES string of the molecule is CCOCCOc1cccc(C(=O)NNC(=O)c2ccccc2I)c1. The van der Waals surface area contributed by atoms with Crippen molar-refractivity contribution in [3.8, 4) is 5.75 Å². The maximum absolute atomic E-state index is 12.2. The fourth-order valence-corrected chi connectivity index (χ4v) is 2.62. The summed E-state index contributed by atoms with van der Waals surface area (Å²) in [4.78, 5) is 24.3. The summed E-state index contributed by atoms with van der Waals surface area (Å²) < 4.78 is 11.5. The second kappa shape index (κ2) is 10.00. The van der Waals surface area contributed by atoms with E-state index in [4.69, 9.17) is 9.47 Å². The molecule has 0 heterocycles. The van der Waals surface area contributed by atoms with Gasteiger partial charge < -0.3 is 9.47 Å². The first kappa shape index (κ1) is 19.2. The van der Waals surface area contributed by atoms with Gasteiger partial charge in [-0.05, 0) is 59.8 Å². The molecule has 0 fully saturated rings. The number of halogens is 1. The molecule has 25 heavy (non-hydrogen) atoms. The highest BCUT2D eigenvalue weighted by atomic mass is 127. The summed E-state index contributed by atoms with van der Waals surface area (Å²) in [5.41, 5.74) is 5.70. The van der Waals surface area contributed by atoms with Crippen molar-refractivity contribution in [1.82, 2.24) is 10.9 Å². The summed E-state index contributed by atoms with van der Waals surface area (Å²) in [6.45, 7) is 3.43. The summed E-state index contributed by atoms with van der Waals surface area (Å²) in [6.07, 6.45) is 0. The maximum atomic E-state index is 12.2. The third-order valence-electron chi connectivity index (χ3n) is 3.20. The van der Waals surface area contributed by atoms with Crippen LogP contribution in [0.1, 0.15) is 27.6 Å². The molecule has 2 rings (SSSR count). The van der Waals surface area contributed by atoms with E-state index in [0.717, 1.165) is 3.57 Å². The van der Waals surface area contributed by atoms with Gasteiger partial charge >= 0.3 is 0 Å². The summed E-state index contributed by atoms with van der Waals surface area (Å²) in [5, 5.41) is 0. The second-order valence-electron chi connectivity index (χ2n) is 4.96. The average molecular weight is 454 g/mol. The number of rotatable bonds is 7. The lowest BCUT2D eigenvalue weighted by molar-refractivity contribution is 0.0845. The number of hydrazine groups is 1. The van der Waals surface area contributed by atoms with E-state index in [1.54, 1.807) is 36.4 Å². The number of benzene rings is 2. The number of ether oxygens (including phenoxy) is 2. The van der Waals surface area contributed by atoms with Crippen molar-refractivity contribution < 1.29 is 19.1 Å². The molecule has 0 bridgehead atoms. The van der Waals surface area contributed by atoms with Gasteiger partial charge in [0.25, 0.3) is 11.8 Å². The number of amides is 2. The van der Waals surface area contributed by atoms with Gasteiger partial charge in [-0.2, -0.15) is 0 Å². The van der Waals surface area contributed by atoms with Crippen molar-refractivity contribution in [1.29, 1.82) is 0 Å². The Hall–Kier alpha value is -2.13. The van der Waals surface area contributed by atoms with Gasteiger partial charge in [0, 0.05) is 15.7 Å². The lowest BCUT2D eigenvalue weighted by Gasteiger charge is -2.10. The Kier molecular flexibility index (Phi) is 7.68. The van der Waals surface area contributed by atoms with Crippen LogP contribution < -0.4 is 15.6 Å². The highest BCUT2D eigenvalue weighted by molar-refractivity contribution is 14.1. The van der Waals surface area contributed by atoms with Crippen molar-refractivity contribution in [3.05, 3.63) is 63.2 Å². The first-order chi connectivity index (χ1) is 12.1. The fourth-order valence-electron chi connectivity index (χ4n) is 1.99. The van der Waals surface area contributed by atoms with Crippen LogP contribution in [0.5, 0.6) is 5.75 Å². The van der Waals surface area contributed by atoms with E-state index in [2.05, 4.69) is 33.4 Å². The molecule has 0 unspecified atom stereocenters. The van der Waals surface area contributed by atoms with Gasteiger partial charge in [-0.25, -0.2) is 0 Å². The molecule has 0 radical (unpaired) electrons. The van der Waals surface area contributed by atoms with Crippen LogP contribution in [0.3, 0.4) is 0 Å². The largest absolute Gasteiger partial charge is 0.491 e. The molecule has 2 aromatic carbocycles. The van der Waals surface area contributed by atoms with E-state index in [0.29, 0.717) is 36.7 Å². The van der Waals surface area contributed by atoms with Crippen molar-refractivity contribution in [2.24, 2.45) is 0 Å². The molecule has 2 aromatic rings. The van der Waals surface area contributed by atoms with Gasteiger partial charge in [-0.3, -0.25) is 20.4 Å². The van der Waals surface area contributed by atoms with Gasteiger partial charge in [-0.1, -0.05) is 18.2 Å². The van der Waals surface area contributed by atoms with Gasteiger partial charge in [0.05, 0.1) is 12.2 Å². The molecule has 0 aliphatic rings. The van der Waals surface area contributed by atoms with Crippen LogP contribution in [0.2, 0.25) is 0 Å². The van der Waals surface area contributed by atoms with E-state index >= 15 is 0 Å². The Morgan fingerprint density at radius 1 is 1.00 bits per heavy atom. The molecular formula is C18H19IN2O4. The first-order valence-electron chi connectivity index (χ1n) is 7.77. The lowest BCUT2D eigenvalue weighted by Crippen LogP contribution is -2.41. The van der Waals surface area contributed by atoms with E-state index < -0.39 is 5.91 Å². The van der Waals surface area contributed by atoms with Gasteiger partial charge in [0.2, 0.25) is 0 Å². The predicted molar refractivity (Wildman–Crippen MR) is 103 cm³/mol. The van der Waals surface area contributed by atoms with Crippen LogP contribution in [-0.4, -0.2) is 31.6 Å². The zero-order valence-corrected chi connectivity index (χ0v) is 15.9. The minimum absolute atomic E-state index is 0.373. The van der Waals surface area contributed by atoms with Crippen LogP contribution in [0.25, 0.3) is 0 Å².